The predicted octanol–water partition coefficient (Wildman–Crippen LogP) is 2.05. The number of nitriles is 1. The fraction of sp³-hybridized carbons (Fsp3) is 0.438. The summed E-state index contributed by atoms with van der Waals surface area (Å²) in [6.07, 6.45) is 4.46. The Morgan fingerprint density at radius 2 is 2.13 bits per heavy atom. The summed E-state index contributed by atoms with van der Waals surface area (Å²) in [5, 5.41) is 9.90. The van der Waals surface area contributed by atoms with Gasteiger partial charge >= 0.3 is 0 Å². The number of nitrogens with zero attached hydrogens (tertiary/aromatic N) is 6. The molecular formula is C16H19ClN6. The minimum atomic E-state index is 0.636. The average Bonchev–Trinajstić information content (AvgIpc) is 2.79. The highest BCUT2D eigenvalue weighted by Crippen LogP contribution is 2.19. The van der Waals surface area contributed by atoms with E-state index in [1.54, 1.807) is 18.5 Å². The Kier molecular flexibility index (Phi) is 4.79. The number of halogens is 1. The van der Waals surface area contributed by atoms with Crippen molar-refractivity contribution < 1.29 is 0 Å². The zero-order valence-electron chi connectivity index (χ0n) is 13.1. The monoisotopic (exact) mass is 330 g/mol. The summed E-state index contributed by atoms with van der Waals surface area (Å²) in [6, 6.07) is 5.85. The molecule has 0 aliphatic carbocycles. The van der Waals surface area contributed by atoms with Crippen LogP contribution in [0.1, 0.15) is 17.8 Å². The van der Waals surface area contributed by atoms with Crippen LogP contribution in [-0.2, 0) is 13.6 Å². The number of anilines is 1. The fourth-order valence-electron chi connectivity index (χ4n) is 2.85. The molecule has 2 aromatic heterocycles. The topological polar surface area (TPSA) is 61.0 Å². The molecule has 0 unspecified atom stereocenters. The molecule has 1 saturated heterocycles. The van der Waals surface area contributed by atoms with Crippen molar-refractivity contribution in [3.63, 3.8) is 0 Å². The van der Waals surface area contributed by atoms with E-state index in [0.29, 0.717) is 10.7 Å². The molecule has 120 valence electrons. The van der Waals surface area contributed by atoms with Gasteiger partial charge < -0.3 is 9.47 Å². The van der Waals surface area contributed by atoms with Gasteiger partial charge in [-0.1, -0.05) is 11.6 Å². The Balaban J connectivity index is 1.68. The number of imidazole rings is 1. The second kappa shape index (κ2) is 6.99. The van der Waals surface area contributed by atoms with Crippen molar-refractivity contribution in [1.82, 2.24) is 19.4 Å². The van der Waals surface area contributed by atoms with Crippen LogP contribution in [0.15, 0.2) is 24.5 Å². The van der Waals surface area contributed by atoms with Crippen molar-refractivity contribution in [1.29, 1.82) is 5.26 Å². The largest absolute Gasteiger partial charge is 0.354 e. The molecule has 0 spiro atoms. The van der Waals surface area contributed by atoms with Crippen LogP contribution >= 0.6 is 11.6 Å². The normalized spacial score (nSPS) is 16.1. The number of rotatable bonds is 3. The molecule has 2 aromatic rings. The highest BCUT2D eigenvalue weighted by molar-refractivity contribution is 6.29. The van der Waals surface area contributed by atoms with E-state index in [2.05, 4.69) is 25.8 Å². The summed E-state index contributed by atoms with van der Waals surface area (Å²) in [7, 11) is 1.93. The summed E-state index contributed by atoms with van der Waals surface area (Å²) in [5.74, 6) is 1.76. The molecule has 0 bridgehead atoms. The maximum Gasteiger partial charge on any atom is 0.146 e. The lowest BCUT2D eigenvalue weighted by Crippen LogP contribution is -2.31. The highest BCUT2D eigenvalue weighted by atomic mass is 35.5. The van der Waals surface area contributed by atoms with Crippen LogP contribution in [0.2, 0.25) is 5.15 Å². The van der Waals surface area contributed by atoms with Crippen molar-refractivity contribution in [3.8, 4) is 6.07 Å². The standard InChI is InChI=1S/C16H19ClN6/c1-21-14(17)11-20-15(21)12-22-6-3-7-23(9-8-22)16-13(10-18)4-2-5-19-16/h2,4-5,11H,3,6-9,12H2,1H3. The van der Waals surface area contributed by atoms with Crippen molar-refractivity contribution in [2.24, 2.45) is 7.05 Å². The van der Waals surface area contributed by atoms with Gasteiger partial charge in [-0.25, -0.2) is 9.97 Å². The first-order valence-corrected chi connectivity index (χ1v) is 8.05. The van der Waals surface area contributed by atoms with Gasteiger partial charge in [-0.15, -0.1) is 0 Å². The first-order valence-electron chi connectivity index (χ1n) is 7.67. The summed E-state index contributed by atoms with van der Waals surface area (Å²) in [6.45, 7) is 4.44. The van der Waals surface area contributed by atoms with Crippen molar-refractivity contribution in [3.05, 3.63) is 41.1 Å². The molecule has 1 aliphatic heterocycles. The zero-order valence-corrected chi connectivity index (χ0v) is 13.9. The van der Waals surface area contributed by atoms with Gasteiger partial charge in [-0.2, -0.15) is 5.26 Å². The third-order valence-corrected chi connectivity index (χ3v) is 4.54. The molecule has 0 aromatic carbocycles. The molecule has 23 heavy (non-hydrogen) atoms. The van der Waals surface area contributed by atoms with E-state index < -0.39 is 0 Å². The molecule has 7 heteroatoms. The minimum absolute atomic E-state index is 0.636. The molecule has 0 radical (unpaired) electrons. The van der Waals surface area contributed by atoms with E-state index in [0.717, 1.165) is 50.8 Å². The second-order valence-electron chi connectivity index (χ2n) is 5.66. The molecule has 0 saturated carbocycles. The third-order valence-electron chi connectivity index (χ3n) is 4.19. The van der Waals surface area contributed by atoms with E-state index in [1.807, 2.05) is 17.7 Å². The van der Waals surface area contributed by atoms with E-state index in [1.165, 1.54) is 0 Å². The van der Waals surface area contributed by atoms with Crippen LogP contribution in [0.5, 0.6) is 0 Å². The zero-order chi connectivity index (χ0) is 16.2. The summed E-state index contributed by atoms with van der Waals surface area (Å²) in [5.41, 5.74) is 0.636. The van der Waals surface area contributed by atoms with Crippen LogP contribution in [0, 0.1) is 11.3 Å². The van der Waals surface area contributed by atoms with Gasteiger partial charge in [-0.3, -0.25) is 4.90 Å². The third kappa shape index (κ3) is 3.46. The Hall–Kier alpha value is -2.10. The lowest BCUT2D eigenvalue weighted by atomic mass is 10.2. The summed E-state index contributed by atoms with van der Waals surface area (Å²) >= 11 is 6.05. The van der Waals surface area contributed by atoms with E-state index in [4.69, 9.17) is 11.6 Å². The number of hydrogen-bond donors (Lipinski definition) is 0. The predicted molar refractivity (Wildman–Crippen MR) is 89.3 cm³/mol. The van der Waals surface area contributed by atoms with Crippen LogP contribution in [0.4, 0.5) is 5.82 Å². The minimum Gasteiger partial charge on any atom is -0.354 e. The summed E-state index contributed by atoms with van der Waals surface area (Å²) in [4.78, 5) is 13.3. The smallest absolute Gasteiger partial charge is 0.146 e. The van der Waals surface area contributed by atoms with Crippen molar-refractivity contribution in [2.45, 2.75) is 13.0 Å². The lowest BCUT2D eigenvalue weighted by Gasteiger charge is -2.23. The molecule has 0 N–H and O–H groups in total. The van der Waals surface area contributed by atoms with E-state index in [9.17, 15) is 5.26 Å². The molecule has 3 rings (SSSR count). The lowest BCUT2D eigenvalue weighted by molar-refractivity contribution is 0.275. The van der Waals surface area contributed by atoms with E-state index in [-0.39, 0.29) is 0 Å². The fourth-order valence-corrected chi connectivity index (χ4v) is 2.99. The van der Waals surface area contributed by atoms with Gasteiger partial charge in [0.25, 0.3) is 0 Å². The average molecular weight is 331 g/mol. The molecule has 0 atom stereocenters. The molecule has 3 heterocycles. The molecule has 6 nitrogen and oxygen atoms in total. The number of pyridine rings is 1. The quantitative estimate of drug-likeness (QED) is 0.862. The first kappa shape index (κ1) is 15.8. The van der Waals surface area contributed by atoms with Gasteiger partial charge in [-0.05, 0) is 18.6 Å². The van der Waals surface area contributed by atoms with Crippen molar-refractivity contribution >= 4 is 17.4 Å². The number of hydrogen-bond acceptors (Lipinski definition) is 5. The molecule has 1 aliphatic rings. The number of aromatic nitrogens is 3. The van der Waals surface area contributed by atoms with Gasteiger partial charge in [0.1, 0.15) is 22.9 Å². The molecular weight excluding hydrogens is 312 g/mol. The molecule has 1 fully saturated rings. The maximum absolute atomic E-state index is 9.25. The van der Waals surface area contributed by atoms with Gasteiger partial charge in [0.2, 0.25) is 0 Å². The maximum atomic E-state index is 9.25. The Morgan fingerprint density at radius 3 is 2.87 bits per heavy atom. The summed E-state index contributed by atoms with van der Waals surface area (Å²) < 4.78 is 1.91. The second-order valence-corrected chi connectivity index (χ2v) is 6.05. The Labute approximate surface area is 140 Å². The van der Waals surface area contributed by atoms with Crippen LogP contribution in [0.25, 0.3) is 0 Å². The van der Waals surface area contributed by atoms with Gasteiger partial charge in [0.05, 0.1) is 18.3 Å². The van der Waals surface area contributed by atoms with Crippen molar-refractivity contribution in [2.75, 3.05) is 31.1 Å². The molecule has 0 amide bonds. The van der Waals surface area contributed by atoms with Crippen LogP contribution in [0.3, 0.4) is 0 Å². The van der Waals surface area contributed by atoms with Crippen LogP contribution in [-0.4, -0.2) is 45.6 Å². The SMILES string of the molecule is Cn1c(Cl)cnc1CN1CCCN(c2ncccc2C#N)CC1. The van der Waals surface area contributed by atoms with Crippen LogP contribution < -0.4 is 4.90 Å². The Morgan fingerprint density at radius 1 is 1.26 bits per heavy atom. The first-order chi connectivity index (χ1) is 11.2. The van der Waals surface area contributed by atoms with E-state index >= 15 is 0 Å². The Bertz CT molecular complexity index is 720. The highest BCUT2D eigenvalue weighted by Gasteiger charge is 2.19. The van der Waals surface area contributed by atoms with Gasteiger partial charge in [0.15, 0.2) is 0 Å². The van der Waals surface area contributed by atoms with Gasteiger partial charge in [0, 0.05) is 39.4 Å².